The van der Waals surface area contributed by atoms with Crippen molar-refractivity contribution < 1.29 is 4.79 Å². The Balaban J connectivity index is 1.77. The van der Waals surface area contributed by atoms with Crippen LogP contribution >= 0.6 is 11.3 Å². The Kier molecular flexibility index (Phi) is 4.74. The summed E-state index contributed by atoms with van der Waals surface area (Å²) in [6, 6.07) is 6.27. The van der Waals surface area contributed by atoms with E-state index in [0.29, 0.717) is 5.56 Å². The number of nitrogens with one attached hydrogen (secondary N) is 2. The molecule has 0 spiro atoms. The number of hydrogen-bond donors (Lipinski definition) is 2. The largest absolute Gasteiger partial charge is 0.348 e. The first-order valence-electron chi connectivity index (χ1n) is 9.07. The Bertz CT molecular complexity index is 910. The van der Waals surface area contributed by atoms with Gasteiger partial charge >= 0.3 is 0 Å². The molecule has 1 amide bonds. The molecule has 6 nitrogen and oxygen atoms in total. The number of carbonyl (C=O) groups excluding carboxylic acids is 1. The summed E-state index contributed by atoms with van der Waals surface area (Å²) in [5.41, 5.74) is 2.23. The van der Waals surface area contributed by atoms with Gasteiger partial charge in [-0.05, 0) is 50.7 Å². The van der Waals surface area contributed by atoms with Crippen molar-refractivity contribution in [3.05, 3.63) is 35.3 Å². The van der Waals surface area contributed by atoms with E-state index in [4.69, 9.17) is 4.98 Å². The monoisotopic (exact) mass is 369 g/mol. The molecule has 4 heterocycles. The summed E-state index contributed by atoms with van der Waals surface area (Å²) < 4.78 is 1.88. The Hall–Kier alpha value is -2.25. The fraction of sp³-hybridized carbons (Fsp3) is 0.421. The van der Waals surface area contributed by atoms with Gasteiger partial charge in [0, 0.05) is 18.6 Å². The molecular formula is C19H23N5OS. The van der Waals surface area contributed by atoms with Gasteiger partial charge in [0.25, 0.3) is 5.91 Å². The van der Waals surface area contributed by atoms with Gasteiger partial charge in [-0.25, -0.2) is 9.67 Å². The van der Waals surface area contributed by atoms with Crippen LogP contribution in [0.2, 0.25) is 0 Å². The molecule has 0 bridgehead atoms. The van der Waals surface area contributed by atoms with Gasteiger partial charge in [-0.3, -0.25) is 4.79 Å². The lowest BCUT2D eigenvalue weighted by Gasteiger charge is -2.24. The van der Waals surface area contributed by atoms with Gasteiger partial charge in [-0.15, -0.1) is 11.3 Å². The van der Waals surface area contributed by atoms with Crippen molar-refractivity contribution in [2.24, 2.45) is 0 Å². The highest BCUT2D eigenvalue weighted by Gasteiger charge is 2.21. The van der Waals surface area contributed by atoms with Gasteiger partial charge in [0.05, 0.1) is 27.7 Å². The van der Waals surface area contributed by atoms with E-state index in [1.165, 1.54) is 0 Å². The lowest BCUT2D eigenvalue weighted by Crippen LogP contribution is -2.45. The van der Waals surface area contributed by atoms with E-state index >= 15 is 0 Å². The van der Waals surface area contributed by atoms with Gasteiger partial charge in [-0.1, -0.05) is 6.07 Å². The number of carbonyl (C=O) groups is 1. The number of aromatic nitrogens is 3. The van der Waals surface area contributed by atoms with E-state index in [-0.39, 0.29) is 18.0 Å². The van der Waals surface area contributed by atoms with Gasteiger partial charge < -0.3 is 10.6 Å². The second kappa shape index (κ2) is 7.17. The van der Waals surface area contributed by atoms with Crippen LogP contribution in [0.4, 0.5) is 0 Å². The number of amides is 1. The molecule has 0 radical (unpaired) electrons. The highest BCUT2D eigenvalue weighted by molar-refractivity contribution is 7.13. The quantitative estimate of drug-likeness (QED) is 0.741. The number of pyridine rings is 1. The zero-order valence-electron chi connectivity index (χ0n) is 15.0. The van der Waals surface area contributed by atoms with Gasteiger partial charge in [0.15, 0.2) is 5.65 Å². The fourth-order valence-corrected chi connectivity index (χ4v) is 4.06. The normalized spacial score (nSPS) is 17.7. The molecule has 1 saturated heterocycles. The minimum Gasteiger partial charge on any atom is -0.348 e. The van der Waals surface area contributed by atoms with E-state index in [9.17, 15) is 4.79 Å². The van der Waals surface area contributed by atoms with Crippen LogP contribution in [0.5, 0.6) is 0 Å². The average molecular weight is 369 g/mol. The number of fused-ring (bicyclic) bond motifs is 1. The van der Waals surface area contributed by atoms with E-state index in [1.807, 2.05) is 28.3 Å². The molecule has 1 unspecified atom stereocenters. The summed E-state index contributed by atoms with van der Waals surface area (Å²) in [7, 11) is 0. The molecule has 0 aliphatic carbocycles. The van der Waals surface area contributed by atoms with Crippen molar-refractivity contribution >= 4 is 28.3 Å². The second-order valence-electron chi connectivity index (χ2n) is 6.97. The first-order chi connectivity index (χ1) is 12.6. The number of rotatable bonds is 4. The van der Waals surface area contributed by atoms with Crippen LogP contribution in [0.1, 0.15) is 43.1 Å². The molecule has 1 fully saturated rings. The Morgan fingerprint density at radius 3 is 3.04 bits per heavy atom. The van der Waals surface area contributed by atoms with Crippen LogP contribution in [-0.4, -0.2) is 39.8 Å². The molecule has 26 heavy (non-hydrogen) atoms. The Labute approximate surface area is 156 Å². The molecule has 1 aliphatic rings. The van der Waals surface area contributed by atoms with Crippen LogP contribution in [-0.2, 0) is 0 Å². The number of thiophene rings is 1. The average Bonchev–Trinajstić information content (AvgIpc) is 3.31. The number of piperidine rings is 1. The maximum absolute atomic E-state index is 13.0. The molecular weight excluding hydrogens is 346 g/mol. The van der Waals surface area contributed by atoms with E-state index in [2.05, 4.69) is 29.6 Å². The lowest BCUT2D eigenvalue weighted by atomic mass is 10.1. The smallest absolute Gasteiger partial charge is 0.252 e. The minimum atomic E-state index is -0.0489. The zero-order valence-corrected chi connectivity index (χ0v) is 15.8. The molecule has 1 aliphatic heterocycles. The summed E-state index contributed by atoms with van der Waals surface area (Å²) in [5, 5.41) is 13.8. The predicted molar refractivity (Wildman–Crippen MR) is 105 cm³/mol. The molecule has 136 valence electrons. The zero-order chi connectivity index (χ0) is 18.1. The second-order valence-corrected chi connectivity index (χ2v) is 7.92. The van der Waals surface area contributed by atoms with Crippen LogP contribution < -0.4 is 10.6 Å². The van der Waals surface area contributed by atoms with Crippen LogP contribution in [0.15, 0.2) is 29.8 Å². The maximum Gasteiger partial charge on any atom is 0.252 e. The Morgan fingerprint density at radius 1 is 1.46 bits per heavy atom. The lowest BCUT2D eigenvalue weighted by molar-refractivity contribution is 0.0932. The van der Waals surface area contributed by atoms with Crippen molar-refractivity contribution in [1.82, 2.24) is 25.4 Å². The maximum atomic E-state index is 13.0. The highest BCUT2D eigenvalue weighted by Crippen LogP contribution is 2.29. The van der Waals surface area contributed by atoms with Gasteiger partial charge in [0.1, 0.15) is 0 Å². The van der Waals surface area contributed by atoms with E-state index in [0.717, 1.165) is 47.5 Å². The number of nitrogens with zero attached hydrogens (tertiary/aromatic N) is 3. The van der Waals surface area contributed by atoms with Crippen LogP contribution in [0, 0.1) is 0 Å². The predicted octanol–water partition coefficient (Wildman–Crippen LogP) is 3.22. The molecule has 0 aromatic carbocycles. The first kappa shape index (κ1) is 17.2. The van der Waals surface area contributed by atoms with Crippen molar-refractivity contribution in [3.8, 4) is 10.6 Å². The molecule has 0 saturated carbocycles. The van der Waals surface area contributed by atoms with Crippen molar-refractivity contribution in [2.45, 2.75) is 38.8 Å². The summed E-state index contributed by atoms with van der Waals surface area (Å²) in [6.45, 7) is 5.98. The third-order valence-corrected chi connectivity index (χ3v) is 5.60. The third kappa shape index (κ3) is 3.24. The van der Waals surface area contributed by atoms with Crippen LogP contribution in [0.25, 0.3) is 21.6 Å². The van der Waals surface area contributed by atoms with Crippen molar-refractivity contribution in [1.29, 1.82) is 0 Å². The van der Waals surface area contributed by atoms with Gasteiger partial charge in [-0.2, -0.15) is 5.10 Å². The van der Waals surface area contributed by atoms with Crippen molar-refractivity contribution in [2.75, 3.05) is 13.1 Å². The summed E-state index contributed by atoms with van der Waals surface area (Å²) in [6.07, 6.45) is 3.85. The summed E-state index contributed by atoms with van der Waals surface area (Å²) in [5.74, 6) is -0.0489. The summed E-state index contributed by atoms with van der Waals surface area (Å²) >= 11 is 1.62. The topological polar surface area (TPSA) is 71.8 Å². The molecule has 4 rings (SSSR count). The van der Waals surface area contributed by atoms with Crippen molar-refractivity contribution in [3.63, 3.8) is 0 Å². The summed E-state index contributed by atoms with van der Waals surface area (Å²) in [4.78, 5) is 18.9. The molecule has 3 aromatic rings. The molecule has 1 atom stereocenters. The first-order valence-corrected chi connectivity index (χ1v) is 9.95. The fourth-order valence-electron chi connectivity index (χ4n) is 3.37. The minimum absolute atomic E-state index is 0.0489. The third-order valence-electron chi connectivity index (χ3n) is 4.71. The molecule has 3 aromatic heterocycles. The number of hydrogen-bond acceptors (Lipinski definition) is 5. The molecule has 7 heteroatoms. The van der Waals surface area contributed by atoms with E-state index in [1.54, 1.807) is 17.5 Å². The van der Waals surface area contributed by atoms with Crippen LogP contribution in [0.3, 0.4) is 0 Å². The standard InChI is InChI=1S/C19H23N5OS/c1-12(2)24-18-15(11-21-24)14(9-16(23-18)17-6-4-8-26-17)19(25)22-13-5-3-7-20-10-13/h4,6,8-9,11-13,20H,3,5,7,10H2,1-2H3,(H,22,25). The Morgan fingerprint density at radius 2 is 2.35 bits per heavy atom. The molecule has 2 N–H and O–H groups in total. The van der Waals surface area contributed by atoms with E-state index < -0.39 is 0 Å². The highest BCUT2D eigenvalue weighted by atomic mass is 32.1. The SMILES string of the molecule is CC(C)n1ncc2c(C(=O)NC3CCCNC3)cc(-c3cccs3)nc21. The van der Waals surface area contributed by atoms with Gasteiger partial charge in [0.2, 0.25) is 0 Å².